The zero-order valence-corrected chi connectivity index (χ0v) is 11.3. The normalized spacial score (nSPS) is 10.4. The molecule has 106 valence electrons. The van der Waals surface area contributed by atoms with Crippen molar-refractivity contribution in [2.75, 3.05) is 39.6 Å². The molecule has 0 unspecified atom stereocenters. The van der Waals surface area contributed by atoms with Crippen LogP contribution in [0.5, 0.6) is 0 Å². The quantitative estimate of drug-likeness (QED) is 0.329. The van der Waals surface area contributed by atoms with Gasteiger partial charge in [0.1, 0.15) is 13.2 Å². The molecule has 0 aromatic carbocycles. The number of carbonyl (C=O) groups is 2. The maximum atomic E-state index is 11.4. The lowest BCUT2D eigenvalue weighted by molar-refractivity contribution is -0.162. The number of ether oxygens (including phenoxy) is 4. The Kier molecular flexibility index (Phi) is 10.3. The molecule has 18 heavy (non-hydrogen) atoms. The van der Waals surface area contributed by atoms with Crippen molar-refractivity contribution in [1.82, 2.24) is 0 Å². The van der Waals surface area contributed by atoms with E-state index in [9.17, 15) is 9.59 Å². The fraction of sp³-hybridized carbons (Fsp3) is 0.833. The highest BCUT2D eigenvalue weighted by Crippen LogP contribution is 2.02. The van der Waals surface area contributed by atoms with Crippen LogP contribution in [-0.2, 0) is 28.5 Å². The Labute approximate surface area is 108 Å². The molecule has 0 aromatic rings. The maximum Gasteiger partial charge on any atom is 0.320 e. The summed E-state index contributed by atoms with van der Waals surface area (Å²) in [6.45, 7) is 7.21. The highest BCUT2D eigenvalue weighted by molar-refractivity contribution is 5.94. The second-order valence-corrected chi connectivity index (χ2v) is 3.45. The molecule has 0 heterocycles. The van der Waals surface area contributed by atoms with Gasteiger partial charge in [-0.2, -0.15) is 0 Å². The van der Waals surface area contributed by atoms with Gasteiger partial charge in [0.15, 0.2) is 5.92 Å². The highest BCUT2D eigenvalue weighted by Gasteiger charge is 2.24. The molecule has 0 N–H and O–H groups in total. The molecule has 0 radical (unpaired) electrons. The monoisotopic (exact) mass is 262 g/mol. The van der Waals surface area contributed by atoms with E-state index in [1.165, 1.54) is 6.92 Å². The van der Waals surface area contributed by atoms with E-state index >= 15 is 0 Å². The van der Waals surface area contributed by atoms with Crippen LogP contribution in [0.25, 0.3) is 0 Å². The van der Waals surface area contributed by atoms with Crippen LogP contribution in [0, 0.1) is 5.92 Å². The van der Waals surface area contributed by atoms with Crippen molar-refractivity contribution in [3.63, 3.8) is 0 Å². The van der Waals surface area contributed by atoms with E-state index in [2.05, 4.69) is 0 Å². The van der Waals surface area contributed by atoms with Crippen LogP contribution in [0.1, 0.15) is 20.8 Å². The fourth-order valence-corrected chi connectivity index (χ4v) is 1.04. The van der Waals surface area contributed by atoms with Gasteiger partial charge in [-0.25, -0.2) is 0 Å². The average molecular weight is 262 g/mol. The standard InChI is InChI=1S/C12H22O6/c1-4-15-6-8-17-11(13)10(3)12(14)18-9-7-16-5-2/h10H,4-9H2,1-3H3. The van der Waals surface area contributed by atoms with E-state index in [4.69, 9.17) is 18.9 Å². The molecule has 0 aliphatic carbocycles. The van der Waals surface area contributed by atoms with Crippen molar-refractivity contribution >= 4 is 11.9 Å². The minimum atomic E-state index is -0.923. The minimum absolute atomic E-state index is 0.142. The summed E-state index contributed by atoms with van der Waals surface area (Å²) in [6, 6.07) is 0. The number of rotatable bonds is 10. The summed E-state index contributed by atoms with van der Waals surface area (Å²) in [5.41, 5.74) is 0. The van der Waals surface area contributed by atoms with Crippen molar-refractivity contribution in [2.24, 2.45) is 5.92 Å². The Hall–Kier alpha value is -1.14. The molecule has 6 heteroatoms. The second-order valence-electron chi connectivity index (χ2n) is 3.45. The van der Waals surface area contributed by atoms with Crippen LogP contribution in [0.2, 0.25) is 0 Å². The first-order valence-electron chi connectivity index (χ1n) is 6.12. The van der Waals surface area contributed by atoms with Crippen molar-refractivity contribution in [3.05, 3.63) is 0 Å². The Morgan fingerprint density at radius 2 is 1.22 bits per heavy atom. The molecule has 6 nitrogen and oxygen atoms in total. The molecular weight excluding hydrogens is 240 g/mol. The van der Waals surface area contributed by atoms with Crippen LogP contribution < -0.4 is 0 Å². The summed E-state index contributed by atoms with van der Waals surface area (Å²) in [7, 11) is 0. The first-order valence-corrected chi connectivity index (χ1v) is 6.12. The highest BCUT2D eigenvalue weighted by atomic mass is 16.6. The van der Waals surface area contributed by atoms with Gasteiger partial charge in [-0.3, -0.25) is 9.59 Å². The van der Waals surface area contributed by atoms with Gasteiger partial charge < -0.3 is 18.9 Å². The van der Waals surface area contributed by atoms with E-state index in [-0.39, 0.29) is 13.2 Å². The van der Waals surface area contributed by atoms with Crippen LogP contribution in [0.15, 0.2) is 0 Å². The third-order valence-electron chi connectivity index (χ3n) is 2.06. The minimum Gasteiger partial charge on any atom is -0.463 e. The zero-order chi connectivity index (χ0) is 13.8. The molecule has 0 amide bonds. The molecular formula is C12H22O6. The topological polar surface area (TPSA) is 71.1 Å². The smallest absolute Gasteiger partial charge is 0.320 e. The predicted octanol–water partition coefficient (Wildman–Crippen LogP) is 0.782. The second kappa shape index (κ2) is 11.0. The lowest BCUT2D eigenvalue weighted by atomic mass is 10.2. The summed E-state index contributed by atoms with van der Waals surface area (Å²) in [5, 5.41) is 0. The number of carbonyl (C=O) groups excluding carboxylic acids is 2. The van der Waals surface area contributed by atoms with Gasteiger partial charge in [0, 0.05) is 13.2 Å². The molecule has 0 aliphatic rings. The third kappa shape index (κ3) is 8.03. The maximum absolute atomic E-state index is 11.4. The SMILES string of the molecule is CCOCCOC(=O)C(C)C(=O)OCCOCC. The summed E-state index contributed by atoms with van der Waals surface area (Å²) >= 11 is 0. The Morgan fingerprint density at radius 1 is 0.833 bits per heavy atom. The Bertz CT molecular complexity index is 217. The van der Waals surface area contributed by atoms with Gasteiger partial charge in [0.05, 0.1) is 13.2 Å². The molecule has 0 saturated heterocycles. The van der Waals surface area contributed by atoms with Crippen LogP contribution >= 0.6 is 0 Å². The van der Waals surface area contributed by atoms with Crippen molar-refractivity contribution in [2.45, 2.75) is 20.8 Å². The first-order chi connectivity index (χ1) is 8.63. The molecule has 0 atom stereocenters. The molecule has 0 bridgehead atoms. The summed E-state index contributed by atoms with van der Waals surface area (Å²) in [5.74, 6) is -2.12. The lowest BCUT2D eigenvalue weighted by Gasteiger charge is -2.11. The number of hydrogen-bond acceptors (Lipinski definition) is 6. The van der Waals surface area contributed by atoms with E-state index < -0.39 is 17.9 Å². The lowest BCUT2D eigenvalue weighted by Crippen LogP contribution is -2.27. The van der Waals surface area contributed by atoms with Crippen molar-refractivity contribution in [1.29, 1.82) is 0 Å². The van der Waals surface area contributed by atoms with Crippen LogP contribution in [0.3, 0.4) is 0 Å². The van der Waals surface area contributed by atoms with E-state index in [1.54, 1.807) is 0 Å². The molecule has 0 aromatic heterocycles. The molecule has 0 rings (SSSR count). The molecule has 0 saturated carbocycles. The Balaban J connectivity index is 3.72. The number of esters is 2. The largest absolute Gasteiger partial charge is 0.463 e. The van der Waals surface area contributed by atoms with Gasteiger partial charge in [-0.1, -0.05) is 0 Å². The third-order valence-corrected chi connectivity index (χ3v) is 2.06. The van der Waals surface area contributed by atoms with Gasteiger partial charge in [0.25, 0.3) is 0 Å². The van der Waals surface area contributed by atoms with Crippen molar-refractivity contribution in [3.8, 4) is 0 Å². The average Bonchev–Trinajstić information content (AvgIpc) is 2.38. The van der Waals surface area contributed by atoms with Gasteiger partial charge in [-0.15, -0.1) is 0 Å². The summed E-state index contributed by atoms with van der Waals surface area (Å²) in [6.07, 6.45) is 0. The predicted molar refractivity (Wildman–Crippen MR) is 64.1 cm³/mol. The first kappa shape index (κ1) is 16.9. The van der Waals surface area contributed by atoms with Gasteiger partial charge in [0.2, 0.25) is 0 Å². The van der Waals surface area contributed by atoms with E-state index in [0.29, 0.717) is 26.4 Å². The summed E-state index contributed by atoms with van der Waals surface area (Å²) in [4.78, 5) is 22.9. The van der Waals surface area contributed by atoms with Crippen LogP contribution in [0.4, 0.5) is 0 Å². The fourth-order valence-electron chi connectivity index (χ4n) is 1.04. The van der Waals surface area contributed by atoms with Crippen LogP contribution in [-0.4, -0.2) is 51.6 Å². The summed E-state index contributed by atoms with van der Waals surface area (Å²) < 4.78 is 19.7. The van der Waals surface area contributed by atoms with Gasteiger partial charge in [-0.05, 0) is 20.8 Å². The van der Waals surface area contributed by atoms with E-state index in [1.807, 2.05) is 13.8 Å². The zero-order valence-electron chi connectivity index (χ0n) is 11.3. The molecule has 0 fully saturated rings. The Morgan fingerprint density at radius 3 is 1.56 bits per heavy atom. The van der Waals surface area contributed by atoms with Crippen molar-refractivity contribution < 1.29 is 28.5 Å². The van der Waals surface area contributed by atoms with E-state index in [0.717, 1.165) is 0 Å². The van der Waals surface area contributed by atoms with Gasteiger partial charge >= 0.3 is 11.9 Å². The molecule has 0 spiro atoms. The molecule has 0 aliphatic heterocycles. The number of hydrogen-bond donors (Lipinski definition) is 0.